The van der Waals surface area contributed by atoms with Gasteiger partial charge in [0.05, 0.1) is 15.7 Å². The van der Waals surface area contributed by atoms with Crippen LogP contribution in [-0.4, -0.2) is 42.7 Å². The van der Waals surface area contributed by atoms with Crippen molar-refractivity contribution in [1.29, 1.82) is 0 Å². The van der Waals surface area contributed by atoms with E-state index in [1.165, 1.54) is 29.0 Å². The molecule has 0 aliphatic carbocycles. The van der Waals surface area contributed by atoms with E-state index in [-0.39, 0.29) is 39.2 Å². The second kappa shape index (κ2) is 12.0. The van der Waals surface area contributed by atoms with Gasteiger partial charge in [0.2, 0.25) is 0 Å². The van der Waals surface area contributed by atoms with Crippen molar-refractivity contribution >= 4 is 28.9 Å². The van der Waals surface area contributed by atoms with E-state index in [0.29, 0.717) is 25.0 Å². The zero-order valence-corrected chi connectivity index (χ0v) is 21.0. The number of ether oxygens (including phenoxy) is 1. The number of piperidine rings is 1. The Morgan fingerprint density at radius 2 is 1.94 bits per heavy atom. The maximum atomic E-state index is 14.9. The Balaban J connectivity index is 1.74. The number of halogens is 4. The maximum Gasteiger partial charge on any atom is 0.255 e. The van der Waals surface area contributed by atoms with Crippen molar-refractivity contribution in [2.24, 2.45) is 5.16 Å². The van der Waals surface area contributed by atoms with Gasteiger partial charge in [-0.2, -0.15) is 0 Å². The summed E-state index contributed by atoms with van der Waals surface area (Å²) < 4.78 is 35.0. The van der Waals surface area contributed by atoms with Crippen molar-refractivity contribution in [3.05, 3.63) is 97.9 Å². The maximum absolute atomic E-state index is 14.9. The van der Waals surface area contributed by atoms with E-state index in [2.05, 4.69) is 10.5 Å². The smallest absolute Gasteiger partial charge is 0.255 e. The minimum absolute atomic E-state index is 0.0247. The minimum Gasteiger partial charge on any atom is -0.392 e. The topological polar surface area (TPSA) is 64.8 Å². The van der Waals surface area contributed by atoms with Crippen LogP contribution in [0.3, 0.4) is 0 Å². The average molecular weight is 536 g/mol. The molecule has 36 heavy (non-hydrogen) atoms. The lowest BCUT2D eigenvalue weighted by Gasteiger charge is -2.29. The summed E-state index contributed by atoms with van der Waals surface area (Å²) in [5.74, 6) is -1.53. The molecule has 0 bridgehead atoms. The molecule has 1 fully saturated rings. The molecule has 2 aromatic carbocycles. The Hall–Kier alpha value is -2.78. The molecule has 1 aromatic heterocycles. The van der Waals surface area contributed by atoms with Crippen molar-refractivity contribution in [1.82, 2.24) is 9.88 Å². The normalized spacial score (nSPS) is 18.3. The summed E-state index contributed by atoms with van der Waals surface area (Å²) in [4.78, 5) is 18.6. The molecule has 190 valence electrons. The number of hydrogen-bond donors (Lipinski definition) is 1. The molecule has 1 aliphatic rings. The molecule has 3 aromatic rings. The zero-order chi connectivity index (χ0) is 25.7. The summed E-state index contributed by atoms with van der Waals surface area (Å²) in [5, 5.41) is 8.27. The highest BCUT2D eigenvalue weighted by atomic mass is 35.5. The van der Waals surface area contributed by atoms with Crippen LogP contribution in [0.2, 0.25) is 10.0 Å². The summed E-state index contributed by atoms with van der Waals surface area (Å²) >= 11 is 12.6. The minimum atomic E-state index is -0.811. The van der Waals surface area contributed by atoms with Crippen molar-refractivity contribution in [2.45, 2.75) is 31.4 Å². The Labute approximate surface area is 217 Å². The molecule has 4 rings (SSSR count). The first-order valence-corrected chi connectivity index (χ1v) is 12.2. The summed E-state index contributed by atoms with van der Waals surface area (Å²) in [6.45, 7) is 1.36. The van der Waals surface area contributed by atoms with E-state index < -0.39 is 17.2 Å². The average Bonchev–Trinajstić information content (AvgIpc) is 2.85. The molecule has 0 amide bonds. The number of nitrogens with one attached hydrogen (secondary N) is 1. The van der Waals surface area contributed by atoms with Gasteiger partial charge in [0.15, 0.2) is 0 Å². The van der Waals surface area contributed by atoms with Gasteiger partial charge in [0.1, 0.15) is 23.5 Å². The van der Waals surface area contributed by atoms with E-state index in [0.717, 1.165) is 25.1 Å². The highest BCUT2D eigenvalue weighted by molar-refractivity contribution is 6.37. The fourth-order valence-corrected chi connectivity index (χ4v) is 4.71. The zero-order valence-electron chi connectivity index (χ0n) is 19.5. The molecule has 2 heterocycles. The molecule has 0 spiro atoms. The monoisotopic (exact) mass is 535 g/mol. The summed E-state index contributed by atoms with van der Waals surface area (Å²) in [5.41, 5.74) is 0.383. The first-order chi connectivity index (χ1) is 17.4. The fourth-order valence-electron chi connectivity index (χ4n) is 4.13. The van der Waals surface area contributed by atoms with Crippen molar-refractivity contribution < 1.29 is 18.4 Å². The van der Waals surface area contributed by atoms with Crippen LogP contribution < -0.4 is 10.9 Å². The summed E-state index contributed by atoms with van der Waals surface area (Å²) in [6.07, 6.45) is 3.48. The third-order valence-electron chi connectivity index (χ3n) is 5.96. The van der Waals surface area contributed by atoms with Gasteiger partial charge in [0.25, 0.3) is 5.56 Å². The first-order valence-electron chi connectivity index (χ1n) is 11.5. The Bertz CT molecular complexity index is 1300. The largest absolute Gasteiger partial charge is 0.392 e. The van der Waals surface area contributed by atoms with Crippen LogP contribution in [0.15, 0.2) is 64.7 Å². The van der Waals surface area contributed by atoms with Crippen LogP contribution in [0.4, 0.5) is 8.78 Å². The van der Waals surface area contributed by atoms with Gasteiger partial charge in [-0.3, -0.25) is 9.36 Å². The van der Waals surface area contributed by atoms with E-state index in [1.54, 1.807) is 25.3 Å². The lowest BCUT2D eigenvalue weighted by Crippen LogP contribution is -2.41. The highest BCUT2D eigenvalue weighted by Gasteiger charge is 2.24. The molecular formula is C26H25Cl2F2N3O3. The predicted molar refractivity (Wildman–Crippen MR) is 136 cm³/mol. The number of benzene rings is 2. The third-order valence-corrected chi connectivity index (χ3v) is 6.57. The molecule has 0 saturated carbocycles. The highest BCUT2D eigenvalue weighted by Crippen LogP contribution is 2.28. The van der Waals surface area contributed by atoms with E-state index in [1.807, 2.05) is 0 Å². The molecule has 1 saturated heterocycles. The van der Waals surface area contributed by atoms with Gasteiger partial charge >= 0.3 is 0 Å². The number of methoxy groups -OCH3 is 1. The summed E-state index contributed by atoms with van der Waals surface area (Å²) in [7, 11) is 1.65. The number of hydrogen-bond acceptors (Lipinski definition) is 5. The van der Waals surface area contributed by atoms with E-state index in [9.17, 15) is 13.6 Å². The summed E-state index contributed by atoms with van der Waals surface area (Å²) in [6, 6.07) is 11.1. The SMILES string of the molecule is COCCC1CC(O/N=C(/c2ccc(=O)n(-c3c(Cl)cccc3Cl)c2)c2ccc(F)cc2F)CCN1. The van der Waals surface area contributed by atoms with Crippen molar-refractivity contribution in [3.63, 3.8) is 0 Å². The standard InChI is InChI=1S/C26H25Cl2F2N3O3/c1-35-12-10-18-14-19(9-11-31-18)36-32-25(20-7-6-17(29)13-23(20)30)16-5-8-24(34)33(15-16)26-21(27)3-2-4-22(26)28/h2-8,13,15,18-19,31H,9-12,14H2,1H3/b32-25-. The first kappa shape index (κ1) is 26.3. The Morgan fingerprint density at radius 3 is 2.67 bits per heavy atom. The molecule has 1 N–H and O–H groups in total. The fraction of sp³-hybridized carbons (Fsp3) is 0.308. The molecule has 6 nitrogen and oxygen atoms in total. The number of rotatable bonds is 8. The molecule has 10 heteroatoms. The molecule has 1 aliphatic heterocycles. The molecule has 2 atom stereocenters. The van der Waals surface area contributed by atoms with Crippen LogP contribution in [0.5, 0.6) is 0 Å². The number of nitrogens with zero attached hydrogens (tertiary/aromatic N) is 2. The molecular weight excluding hydrogens is 511 g/mol. The van der Waals surface area contributed by atoms with Gasteiger partial charge in [0, 0.05) is 55.6 Å². The van der Waals surface area contributed by atoms with Crippen LogP contribution in [0.1, 0.15) is 30.4 Å². The second-order valence-corrected chi connectivity index (χ2v) is 9.26. The lowest BCUT2D eigenvalue weighted by molar-refractivity contribution is 0.0224. The number of oxime groups is 1. The molecule has 2 unspecified atom stereocenters. The predicted octanol–water partition coefficient (Wildman–Crippen LogP) is 5.35. The van der Waals surface area contributed by atoms with Gasteiger partial charge < -0.3 is 14.9 Å². The molecule has 0 radical (unpaired) electrons. The quantitative estimate of drug-likeness (QED) is 0.312. The van der Waals surface area contributed by atoms with Gasteiger partial charge in [-0.25, -0.2) is 8.78 Å². The van der Waals surface area contributed by atoms with Crippen LogP contribution in [0.25, 0.3) is 5.69 Å². The van der Waals surface area contributed by atoms with Gasteiger partial charge in [-0.1, -0.05) is 34.4 Å². The second-order valence-electron chi connectivity index (χ2n) is 8.44. The van der Waals surface area contributed by atoms with Gasteiger partial charge in [-0.15, -0.1) is 0 Å². The van der Waals surface area contributed by atoms with Crippen LogP contribution in [-0.2, 0) is 9.57 Å². The van der Waals surface area contributed by atoms with Gasteiger partial charge in [-0.05, 0) is 49.7 Å². The number of aromatic nitrogens is 1. The van der Waals surface area contributed by atoms with Crippen molar-refractivity contribution in [3.8, 4) is 5.69 Å². The number of para-hydroxylation sites is 1. The van der Waals surface area contributed by atoms with Crippen LogP contribution >= 0.6 is 23.2 Å². The number of pyridine rings is 1. The van der Waals surface area contributed by atoms with Crippen molar-refractivity contribution in [2.75, 3.05) is 20.3 Å². The van der Waals surface area contributed by atoms with E-state index in [4.69, 9.17) is 32.8 Å². The lowest BCUT2D eigenvalue weighted by atomic mass is 10.00. The third kappa shape index (κ3) is 6.13. The Morgan fingerprint density at radius 1 is 1.17 bits per heavy atom. The Kier molecular flexibility index (Phi) is 8.74. The van der Waals surface area contributed by atoms with Crippen LogP contribution in [0, 0.1) is 11.6 Å². The van der Waals surface area contributed by atoms with E-state index >= 15 is 0 Å².